The first-order valence-electron chi connectivity index (χ1n) is 10.0. The highest BCUT2D eigenvalue weighted by molar-refractivity contribution is 6.27. The first-order valence-corrected chi connectivity index (χ1v) is 10.0. The molecule has 7 heteroatoms. The lowest BCUT2D eigenvalue weighted by Gasteiger charge is -2.24. The van der Waals surface area contributed by atoms with Crippen LogP contribution in [0.25, 0.3) is 0 Å². The third kappa shape index (κ3) is 5.57. The largest absolute Gasteiger partial charge is 0.507 e. The Morgan fingerprint density at radius 2 is 1.77 bits per heavy atom. The molecular formula is C23H28O7. The number of esters is 1. The molecule has 7 nitrogen and oxygen atoms in total. The molecule has 0 radical (unpaired) electrons. The average Bonchev–Trinajstić information content (AvgIpc) is 2.67. The van der Waals surface area contributed by atoms with E-state index in [1.165, 1.54) is 0 Å². The number of phenolic OH excluding ortho intramolecular Hbond substituents is 2. The maximum atomic E-state index is 13.0. The molecule has 0 fully saturated rings. The highest BCUT2D eigenvalue weighted by Gasteiger charge is 2.35. The van der Waals surface area contributed by atoms with E-state index in [1.54, 1.807) is 6.08 Å². The molecule has 1 aliphatic rings. The van der Waals surface area contributed by atoms with Crippen LogP contribution in [0.5, 0.6) is 11.5 Å². The van der Waals surface area contributed by atoms with E-state index in [9.17, 15) is 29.7 Å². The number of fused-ring (bicyclic) bond motifs is 1. The summed E-state index contributed by atoms with van der Waals surface area (Å²) in [7, 11) is 0. The molecule has 0 heterocycles. The molecule has 162 valence electrons. The highest BCUT2D eigenvalue weighted by Crippen LogP contribution is 2.36. The van der Waals surface area contributed by atoms with Crippen molar-refractivity contribution in [3.63, 3.8) is 0 Å². The number of phenols is 2. The molecular weight excluding hydrogens is 388 g/mol. The number of carbonyl (C=O) groups is 3. The number of ether oxygens (including phenoxy) is 1. The fraction of sp³-hybridized carbons (Fsp3) is 0.435. The Labute approximate surface area is 175 Å². The van der Waals surface area contributed by atoms with Gasteiger partial charge in [0.2, 0.25) is 0 Å². The van der Waals surface area contributed by atoms with Crippen molar-refractivity contribution in [2.24, 2.45) is 0 Å². The number of allylic oxidation sites excluding steroid dienone is 2. The number of aliphatic hydroxyl groups excluding tert-OH is 1. The van der Waals surface area contributed by atoms with Crippen molar-refractivity contribution in [2.75, 3.05) is 0 Å². The second-order valence-electron chi connectivity index (χ2n) is 7.64. The van der Waals surface area contributed by atoms with Crippen LogP contribution in [0.15, 0.2) is 35.4 Å². The summed E-state index contributed by atoms with van der Waals surface area (Å²) in [5.41, 5.74) is 0.266. The average molecular weight is 416 g/mol. The van der Waals surface area contributed by atoms with Crippen LogP contribution in [0.4, 0.5) is 0 Å². The van der Waals surface area contributed by atoms with Gasteiger partial charge in [-0.1, -0.05) is 31.4 Å². The number of aromatic hydroxyl groups is 2. The molecule has 0 bridgehead atoms. The van der Waals surface area contributed by atoms with Gasteiger partial charge in [-0.05, 0) is 38.5 Å². The van der Waals surface area contributed by atoms with E-state index in [0.717, 1.165) is 36.6 Å². The minimum absolute atomic E-state index is 0.0812. The Morgan fingerprint density at radius 3 is 2.37 bits per heavy atom. The molecule has 3 N–H and O–H groups in total. The van der Waals surface area contributed by atoms with Crippen LogP contribution in [0.1, 0.15) is 73.6 Å². The summed E-state index contributed by atoms with van der Waals surface area (Å²) in [4.78, 5) is 37.9. The summed E-state index contributed by atoms with van der Waals surface area (Å²) in [6, 6.07) is 2.26. The van der Waals surface area contributed by atoms with E-state index in [-0.39, 0.29) is 29.5 Å². The molecule has 2 atom stereocenters. The molecule has 1 aromatic rings. The van der Waals surface area contributed by atoms with Crippen LogP contribution < -0.4 is 0 Å². The van der Waals surface area contributed by atoms with Crippen molar-refractivity contribution in [3.05, 3.63) is 46.6 Å². The molecule has 0 spiro atoms. The van der Waals surface area contributed by atoms with Gasteiger partial charge in [-0.3, -0.25) is 14.4 Å². The van der Waals surface area contributed by atoms with E-state index in [0.29, 0.717) is 6.42 Å². The number of unbranched alkanes of at least 4 members (excludes halogenated alkanes) is 1. The monoisotopic (exact) mass is 416 g/mol. The number of aliphatic hydroxyl groups is 1. The lowest BCUT2D eigenvalue weighted by Crippen LogP contribution is -2.30. The minimum Gasteiger partial charge on any atom is -0.507 e. The molecule has 1 unspecified atom stereocenters. The van der Waals surface area contributed by atoms with Gasteiger partial charge >= 0.3 is 5.97 Å². The Bertz CT molecular complexity index is 891. The van der Waals surface area contributed by atoms with Gasteiger partial charge in [-0.2, -0.15) is 0 Å². The van der Waals surface area contributed by atoms with E-state index >= 15 is 0 Å². The van der Waals surface area contributed by atoms with Crippen molar-refractivity contribution in [3.8, 4) is 11.5 Å². The zero-order valence-corrected chi connectivity index (χ0v) is 17.5. The topological polar surface area (TPSA) is 121 Å². The fourth-order valence-corrected chi connectivity index (χ4v) is 3.24. The maximum absolute atomic E-state index is 13.0. The Balaban J connectivity index is 2.32. The van der Waals surface area contributed by atoms with Crippen molar-refractivity contribution in [1.29, 1.82) is 0 Å². The zero-order valence-electron chi connectivity index (χ0n) is 17.5. The van der Waals surface area contributed by atoms with Crippen LogP contribution in [0.3, 0.4) is 0 Å². The van der Waals surface area contributed by atoms with E-state index in [2.05, 4.69) is 0 Å². The van der Waals surface area contributed by atoms with Gasteiger partial charge in [0.15, 0.2) is 11.6 Å². The van der Waals surface area contributed by atoms with Crippen molar-refractivity contribution in [1.82, 2.24) is 0 Å². The molecule has 1 aliphatic carbocycles. The van der Waals surface area contributed by atoms with Crippen LogP contribution in [-0.4, -0.2) is 45.1 Å². The summed E-state index contributed by atoms with van der Waals surface area (Å²) >= 11 is 0. The number of hydrogen-bond donors (Lipinski definition) is 3. The van der Waals surface area contributed by atoms with Crippen LogP contribution >= 0.6 is 0 Å². The van der Waals surface area contributed by atoms with Gasteiger partial charge in [0.05, 0.1) is 23.7 Å². The van der Waals surface area contributed by atoms with E-state index in [4.69, 9.17) is 4.74 Å². The first kappa shape index (κ1) is 23.3. The maximum Gasteiger partial charge on any atom is 0.309 e. The number of benzene rings is 1. The predicted molar refractivity (Wildman–Crippen MR) is 111 cm³/mol. The summed E-state index contributed by atoms with van der Waals surface area (Å²) in [5.74, 6) is -2.88. The van der Waals surface area contributed by atoms with Crippen molar-refractivity contribution < 1.29 is 34.4 Å². The quantitative estimate of drug-likeness (QED) is 0.319. The molecule has 2 rings (SSSR count). The second-order valence-corrected chi connectivity index (χ2v) is 7.64. The number of ketones is 2. The molecule has 0 amide bonds. The Kier molecular flexibility index (Phi) is 7.94. The van der Waals surface area contributed by atoms with Crippen LogP contribution in [-0.2, 0) is 9.53 Å². The molecule has 0 saturated heterocycles. The number of rotatable bonds is 9. The number of carbonyl (C=O) groups excluding carboxylic acids is 3. The summed E-state index contributed by atoms with van der Waals surface area (Å²) in [6.45, 7) is 5.66. The lowest BCUT2D eigenvalue weighted by molar-refractivity contribution is -0.149. The number of Topliss-reactive ketones (excluding diaryl/α,β-unsaturated/α-hetero) is 1. The fourth-order valence-electron chi connectivity index (χ4n) is 3.24. The van der Waals surface area contributed by atoms with Gasteiger partial charge in [-0.15, -0.1) is 0 Å². The number of hydrogen-bond acceptors (Lipinski definition) is 7. The second kappa shape index (κ2) is 10.2. The summed E-state index contributed by atoms with van der Waals surface area (Å²) in [6.07, 6.45) is 2.95. The van der Waals surface area contributed by atoms with Gasteiger partial charge < -0.3 is 20.1 Å². The first-order chi connectivity index (χ1) is 14.1. The Morgan fingerprint density at radius 1 is 1.13 bits per heavy atom. The smallest absolute Gasteiger partial charge is 0.309 e. The minimum atomic E-state index is -1.06. The summed E-state index contributed by atoms with van der Waals surface area (Å²) in [5, 5.41) is 30.0. The van der Waals surface area contributed by atoms with Crippen LogP contribution in [0, 0.1) is 0 Å². The molecule has 1 aromatic carbocycles. The van der Waals surface area contributed by atoms with E-state index < -0.39 is 41.2 Å². The predicted octanol–water partition coefficient (Wildman–Crippen LogP) is 3.61. The van der Waals surface area contributed by atoms with E-state index in [1.807, 2.05) is 20.8 Å². The standard InChI is InChI=1S/C23H28O7/c1-4-5-6-14(24)11-20(28)30-19(10-7-13(2)3)15-12-18(27)21-16(25)8-9-17(26)22(21)23(15)29/h7-9,12,14,19,24-26H,4-6,10-11H2,1-3H3/t14?,19-/m1/s1. The van der Waals surface area contributed by atoms with Crippen molar-refractivity contribution >= 4 is 17.5 Å². The Hall–Kier alpha value is -2.93. The molecule has 0 saturated carbocycles. The lowest BCUT2D eigenvalue weighted by atomic mass is 9.85. The zero-order chi connectivity index (χ0) is 22.4. The van der Waals surface area contributed by atoms with Gasteiger partial charge in [0, 0.05) is 12.0 Å². The third-order valence-electron chi connectivity index (χ3n) is 4.84. The molecule has 0 aromatic heterocycles. The summed E-state index contributed by atoms with van der Waals surface area (Å²) < 4.78 is 5.47. The normalized spacial score (nSPS) is 15.1. The van der Waals surface area contributed by atoms with Gasteiger partial charge in [0.25, 0.3) is 0 Å². The van der Waals surface area contributed by atoms with Gasteiger partial charge in [0.1, 0.15) is 17.6 Å². The van der Waals surface area contributed by atoms with Gasteiger partial charge in [-0.25, -0.2) is 0 Å². The molecule has 0 aliphatic heterocycles. The highest BCUT2D eigenvalue weighted by atomic mass is 16.5. The SMILES string of the molecule is CCCCC(O)CC(=O)O[C@H](CC=C(C)C)C1=CC(=O)c2c(O)ccc(O)c2C1=O. The van der Waals surface area contributed by atoms with Crippen LogP contribution in [0.2, 0.25) is 0 Å². The third-order valence-corrected chi connectivity index (χ3v) is 4.84. The molecule has 30 heavy (non-hydrogen) atoms. The van der Waals surface area contributed by atoms with Crippen molar-refractivity contribution in [2.45, 2.75) is 65.1 Å².